The van der Waals surface area contributed by atoms with E-state index in [9.17, 15) is 26.4 Å². The lowest BCUT2D eigenvalue weighted by Gasteiger charge is -2.16. The van der Waals surface area contributed by atoms with Crippen molar-refractivity contribution in [3.8, 4) is 11.1 Å². The molecule has 2 rings (SSSR count). The molecule has 4 N–H and O–H groups in total. The van der Waals surface area contributed by atoms with E-state index in [2.05, 4.69) is 10.3 Å². The number of aromatic nitrogens is 1. The van der Waals surface area contributed by atoms with E-state index in [-0.39, 0.29) is 29.2 Å². The Labute approximate surface area is 170 Å². The Balaban J connectivity index is 2.46. The quantitative estimate of drug-likeness (QED) is 0.569. The number of sulfonamides is 1. The molecule has 0 radical (unpaired) electrons. The van der Waals surface area contributed by atoms with Gasteiger partial charge in [-0.1, -0.05) is 31.0 Å². The smallest absolute Gasteiger partial charge is 0.382 e. The molecule has 1 aromatic carbocycles. The summed E-state index contributed by atoms with van der Waals surface area (Å²) in [6.07, 6.45) is -2.20. The molecule has 0 unspecified atom stereocenters. The first-order chi connectivity index (χ1) is 13.5. The highest BCUT2D eigenvalue weighted by atomic mass is 35.5. The number of nitrogens with two attached hydrogens (primary N) is 1. The van der Waals surface area contributed by atoms with Gasteiger partial charge in [0.05, 0.1) is 16.3 Å². The van der Waals surface area contributed by atoms with Crippen molar-refractivity contribution in [1.29, 1.82) is 0 Å². The van der Waals surface area contributed by atoms with Crippen LogP contribution in [0.15, 0.2) is 30.5 Å². The largest absolute Gasteiger partial charge is 0.417 e. The van der Waals surface area contributed by atoms with Crippen molar-refractivity contribution in [3.63, 3.8) is 0 Å². The van der Waals surface area contributed by atoms with Crippen LogP contribution in [0.2, 0.25) is 5.02 Å². The first kappa shape index (κ1) is 22.8. The molecule has 1 heterocycles. The van der Waals surface area contributed by atoms with Crippen LogP contribution in [-0.4, -0.2) is 25.2 Å². The van der Waals surface area contributed by atoms with Gasteiger partial charge in [0.2, 0.25) is 0 Å². The number of pyridine rings is 1. The summed E-state index contributed by atoms with van der Waals surface area (Å²) in [7, 11) is -4.56. The highest BCUT2D eigenvalue weighted by Gasteiger charge is 2.34. The molecule has 2 aromatic rings. The number of hydrogen-bond donors (Lipinski definition) is 3. The fourth-order valence-electron chi connectivity index (χ4n) is 2.38. The van der Waals surface area contributed by atoms with Crippen LogP contribution in [0, 0.1) is 0 Å². The maximum atomic E-state index is 13.2. The Hall–Kier alpha value is -2.53. The molecule has 1 amide bonds. The second kappa shape index (κ2) is 8.87. The number of benzene rings is 1. The van der Waals surface area contributed by atoms with Gasteiger partial charge in [0, 0.05) is 18.3 Å². The zero-order valence-corrected chi connectivity index (χ0v) is 16.7. The summed E-state index contributed by atoms with van der Waals surface area (Å²) >= 11 is 5.63. The zero-order valence-electron chi connectivity index (χ0n) is 15.2. The summed E-state index contributed by atoms with van der Waals surface area (Å²) in [5, 5.41) is 0.444. The number of hydrogen-bond acceptors (Lipinski definition) is 5. The van der Waals surface area contributed by atoms with Crippen LogP contribution in [0.5, 0.6) is 0 Å². The van der Waals surface area contributed by atoms with Crippen LogP contribution >= 0.6 is 11.6 Å². The van der Waals surface area contributed by atoms with Gasteiger partial charge in [0.15, 0.2) is 0 Å². The Morgan fingerprint density at radius 2 is 1.97 bits per heavy atom. The molecule has 0 spiro atoms. The third kappa shape index (κ3) is 5.51. The number of nitrogen functional groups attached to an aromatic ring is 1. The maximum absolute atomic E-state index is 13.2. The number of nitrogens with zero attached hydrogens (tertiary/aromatic N) is 1. The summed E-state index contributed by atoms with van der Waals surface area (Å²) < 4.78 is 66.1. The third-order valence-corrected chi connectivity index (χ3v) is 5.28. The Bertz CT molecular complexity index is 1010. The molecule has 29 heavy (non-hydrogen) atoms. The van der Waals surface area contributed by atoms with Crippen LogP contribution in [0.25, 0.3) is 11.1 Å². The minimum atomic E-state index is -4.72. The second-order valence-electron chi connectivity index (χ2n) is 5.98. The molecule has 0 bridgehead atoms. The molecule has 0 aliphatic carbocycles. The Morgan fingerprint density at radius 3 is 2.59 bits per heavy atom. The van der Waals surface area contributed by atoms with E-state index < -0.39 is 32.0 Å². The standard InChI is InChI=1S/C17H18ClF3N4O3S/c1-2-3-7-24-16(26)29(27,28)25-14-11(6-8-23-15(14)22)10-4-5-13(18)12(9-10)17(19,20)21/h4-6,8-9,25H,2-3,7H2,1H3,(H2,22,23)(H,24,26). The Morgan fingerprint density at radius 1 is 1.28 bits per heavy atom. The van der Waals surface area contributed by atoms with E-state index in [1.54, 1.807) is 0 Å². The number of carbonyl (C=O) groups excluding carboxylic acids is 1. The van der Waals surface area contributed by atoms with Crippen LogP contribution in [0.3, 0.4) is 0 Å². The molecule has 0 saturated heterocycles. The van der Waals surface area contributed by atoms with Gasteiger partial charge in [0.25, 0.3) is 0 Å². The summed E-state index contributed by atoms with van der Waals surface area (Å²) in [5.74, 6) is -0.309. The third-order valence-electron chi connectivity index (χ3n) is 3.84. The van der Waals surface area contributed by atoms with Crippen LogP contribution in [-0.2, 0) is 16.2 Å². The summed E-state index contributed by atoms with van der Waals surface area (Å²) in [6, 6.07) is 4.33. The van der Waals surface area contributed by atoms with Gasteiger partial charge in [-0.05, 0) is 30.2 Å². The fourth-order valence-corrected chi connectivity index (χ4v) is 3.47. The zero-order chi connectivity index (χ0) is 21.8. The molecule has 7 nitrogen and oxygen atoms in total. The molecule has 158 valence electrons. The number of amides is 1. The van der Waals surface area contributed by atoms with Crippen LogP contribution < -0.4 is 15.8 Å². The molecular weight excluding hydrogens is 433 g/mol. The molecule has 12 heteroatoms. The van der Waals surface area contributed by atoms with E-state index in [0.29, 0.717) is 6.42 Å². The predicted molar refractivity (Wildman–Crippen MR) is 105 cm³/mol. The van der Waals surface area contributed by atoms with E-state index in [1.807, 2.05) is 11.6 Å². The lowest BCUT2D eigenvalue weighted by Crippen LogP contribution is -2.34. The number of unbranched alkanes of at least 4 members (excludes halogenated alkanes) is 1. The number of carbonyl (C=O) groups is 1. The van der Waals surface area contributed by atoms with Crippen LogP contribution in [0.1, 0.15) is 25.3 Å². The molecular formula is C17H18ClF3N4O3S. The van der Waals surface area contributed by atoms with Crippen LogP contribution in [0.4, 0.5) is 29.5 Å². The van der Waals surface area contributed by atoms with Gasteiger partial charge < -0.3 is 11.1 Å². The normalized spacial score (nSPS) is 11.9. The number of anilines is 2. The van der Waals surface area contributed by atoms with Crippen molar-refractivity contribution in [2.75, 3.05) is 17.0 Å². The molecule has 1 aromatic heterocycles. The summed E-state index contributed by atoms with van der Waals surface area (Å²) in [5.41, 5.74) is 4.30. The molecule has 0 saturated carbocycles. The first-order valence-corrected chi connectivity index (χ1v) is 10.3. The number of nitrogens with one attached hydrogen (secondary N) is 2. The second-order valence-corrected chi connectivity index (χ2v) is 7.97. The predicted octanol–water partition coefficient (Wildman–Crippen LogP) is 4.25. The molecule has 0 fully saturated rings. The van der Waals surface area contributed by atoms with E-state index in [0.717, 1.165) is 18.6 Å². The lowest BCUT2D eigenvalue weighted by molar-refractivity contribution is -0.137. The number of rotatable bonds is 6. The lowest BCUT2D eigenvalue weighted by atomic mass is 10.0. The summed E-state index contributed by atoms with van der Waals surface area (Å²) in [4.78, 5) is 15.7. The average Bonchev–Trinajstić information content (AvgIpc) is 2.63. The van der Waals surface area contributed by atoms with Crippen molar-refractivity contribution in [2.24, 2.45) is 0 Å². The number of alkyl halides is 3. The van der Waals surface area contributed by atoms with Gasteiger partial charge in [-0.3, -0.25) is 9.52 Å². The van der Waals surface area contributed by atoms with E-state index >= 15 is 0 Å². The SMILES string of the molecule is CCCCNC(=O)S(=O)(=O)Nc1c(-c2ccc(Cl)c(C(F)(F)F)c2)ccnc1N. The highest BCUT2D eigenvalue weighted by Crippen LogP contribution is 2.39. The minimum Gasteiger partial charge on any atom is -0.382 e. The van der Waals surface area contributed by atoms with Gasteiger partial charge >= 0.3 is 21.4 Å². The Kier molecular flexibility index (Phi) is 6.96. The van der Waals surface area contributed by atoms with Gasteiger partial charge in [-0.25, -0.2) is 4.98 Å². The maximum Gasteiger partial charge on any atom is 0.417 e. The minimum absolute atomic E-state index is 0.00426. The van der Waals surface area contributed by atoms with Crippen molar-refractivity contribution in [2.45, 2.75) is 25.9 Å². The van der Waals surface area contributed by atoms with Gasteiger partial charge in [-0.15, -0.1) is 0 Å². The van der Waals surface area contributed by atoms with Gasteiger partial charge in [0.1, 0.15) is 5.82 Å². The first-order valence-electron chi connectivity index (χ1n) is 8.39. The average molecular weight is 451 g/mol. The van der Waals surface area contributed by atoms with Crippen molar-refractivity contribution in [3.05, 3.63) is 41.0 Å². The highest BCUT2D eigenvalue weighted by molar-refractivity contribution is 8.07. The molecule has 0 aliphatic heterocycles. The fraction of sp³-hybridized carbons (Fsp3) is 0.294. The molecule has 0 atom stereocenters. The number of halogens is 4. The topological polar surface area (TPSA) is 114 Å². The summed E-state index contributed by atoms with van der Waals surface area (Å²) in [6.45, 7) is 2.01. The van der Waals surface area contributed by atoms with Gasteiger partial charge in [-0.2, -0.15) is 21.6 Å². The van der Waals surface area contributed by atoms with E-state index in [4.69, 9.17) is 17.3 Å². The monoisotopic (exact) mass is 450 g/mol. The molecule has 0 aliphatic rings. The van der Waals surface area contributed by atoms with Crippen molar-refractivity contribution in [1.82, 2.24) is 10.3 Å². The van der Waals surface area contributed by atoms with Crippen molar-refractivity contribution < 1.29 is 26.4 Å². The van der Waals surface area contributed by atoms with Crippen molar-refractivity contribution >= 4 is 38.4 Å². The van der Waals surface area contributed by atoms with E-state index in [1.165, 1.54) is 18.3 Å².